The van der Waals surface area contributed by atoms with Gasteiger partial charge in [0, 0.05) is 12.3 Å². The first-order chi connectivity index (χ1) is 13.2. The van der Waals surface area contributed by atoms with Gasteiger partial charge in [0.05, 0.1) is 6.61 Å². The van der Waals surface area contributed by atoms with Crippen LogP contribution in [-0.2, 0) is 16.1 Å². The smallest absolute Gasteiger partial charge is 0.323 e. The summed E-state index contributed by atoms with van der Waals surface area (Å²) in [5, 5.41) is 9.50. The molecule has 0 heterocycles. The molecule has 4 rings (SSSR count). The number of hydroxylamine groups is 1. The van der Waals surface area contributed by atoms with E-state index in [9.17, 15) is 9.90 Å². The zero-order chi connectivity index (χ0) is 18.6. The van der Waals surface area contributed by atoms with E-state index in [0.717, 1.165) is 5.56 Å². The van der Waals surface area contributed by atoms with E-state index < -0.39 is 12.0 Å². The van der Waals surface area contributed by atoms with Crippen LogP contribution in [0.25, 0.3) is 11.1 Å². The second kappa shape index (κ2) is 7.74. The van der Waals surface area contributed by atoms with Crippen LogP contribution in [0.3, 0.4) is 0 Å². The van der Waals surface area contributed by atoms with Gasteiger partial charge in [-0.2, -0.15) is 5.48 Å². The predicted octanol–water partition coefficient (Wildman–Crippen LogP) is 4.02. The molecule has 0 spiro atoms. The number of rotatable bonds is 7. The molecule has 136 valence electrons. The predicted molar refractivity (Wildman–Crippen MR) is 104 cm³/mol. The Balaban J connectivity index is 1.46. The fourth-order valence-corrected chi connectivity index (χ4v) is 3.70. The van der Waals surface area contributed by atoms with Gasteiger partial charge in [0.25, 0.3) is 0 Å². The second-order valence-electron chi connectivity index (χ2n) is 6.74. The maximum atomic E-state index is 11.6. The Hall–Kier alpha value is -2.95. The maximum absolute atomic E-state index is 11.6. The molecular formula is C23H21NO3. The van der Waals surface area contributed by atoms with Crippen molar-refractivity contribution < 1.29 is 14.7 Å². The van der Waals surface area contributed by atoms with Crippen LogP contribution < -0.4 is 5.48 Å². The SMILES string of the molecule is O=C(O)[C@H](Cc1ccccc1)NOCC1c2ccccc2-c2ccccc21. The summed E-state index contributed by atoms with van der Waals surface area (Å²) >= 11 is 0. The van der Waals surface area contributed by atoms with Gasteiger partial charge < -0.3 is 5.11 Å². The van der Waals surface area contributed by atoms with Crippen molar-refractivity contribution in [1.82, 2.24) is 5.48 Å². The van der Waals surface area contributed by atoms with E-state index >= 15 is 0 Å². The lowest BCUT2D eigenvalue weighted by Crippen LogP contribution is -2.39. The number of fused-ring (bicyclic) bond motifs is 3. The molecule has 1 atom stereocenters. The van der Waals surface area contributed by atoms with Gasteiger partial charge in [-0.3, -0.25) is 9.63 Å². The van der Waals surface area contributed by atoms with E-state index in [2.05, 4.69) is 29.7 Å². The molecule has 2 N–H and O–H groups in total. The van der Waals surface area contributed by atoms with E-state index in [0.29, 0.717) is 13.0 Å². The highest BCUT2D eigenvalue weighted by Gasteiger charge is 2.28. The molecule has 0 unspecified atom stereocenters. The van der Waals surface area contributed by atoms with Crippen LogP contribution in [0.15, 0.2) is 78.9 Å². The van der Waals surface area contributed by atoms with Gasteiger partial charge in [-0.1, -0.05) is 78.9 Å². The highest BCUT2D eigenvalue weighted by atomic mass is 16.6. The summed E-state index contributed by atoms with van der Waals surface area (Å²) in [5.41, 5.74) is 8.59. The first-order valence-electron chi connectivity index (χ1n) is 9.06. The van der Waals surface area contributed by atoms with Gasteiger partial charge in [-0.25, -0.2) is 0 Å². The molecule has 1 aliphatic carbocycles. The lowest BCUT2D eigenvalue weighted by Gasteiger charge is -2.18. The van der Waals surface area contributed by atoms with Crippen molar-refractivity contribution in [2.75, 3.05) is 6.61 Å². The summed E-state index contributed by atoms with van der Waals surface area (Å²) in [7, 11) is 0. The summed E-state index contributed by atoms with van der Waals surface area (Å²) in [5.74, 6) is -0.831. The fourth-order valence-electron chi connectivity index (χ4n) is 3.70. The van der Waals surface area contributed by atoms with Gasteiger partial charge in [0.1, 0.15) is 6.04 Å². The molecule has 3 aromatic carbocycles. The monoisotopic (exact) mass is 359 g/mol. The average Bonchev–Trinajstić information content (AvgIpc) is 3.02. The maximum Gasteiger partial charge on any atom is 0.323 e. The van der Waals surface area contributed by atoms with Gasteiger partial charge >= 0.3 is 5.97 Å². The van der Waals surface area contributed by atoms with Crippen molar-refractivity contribution >= 4 is 5.97 Å². The van der Waals surface area contributed by atoms with Crippen molar-refractivity contribution in [2.24, 2.45) is 0 Å². The summed E-state index contributed by atoms with van der Waals surface area (Å²) in [6, 6.07) is 25.4. The first kappa shape index (κ1) is 17.5. The summed E-state index contributed by atoms with van der Waals surface area (Å²) in [6.45, 7) is 0.382. The number of carboxylic acids is 1. The van der Waals surface area contributed by atoms with Crippen LogP contribution in [0.5, 0.6) is 0 Å². The normalized spacial score (nSPS) is 13.8. The topological polar surface area (TPSA) is 58.6 Å². The lowest BCUT2D eigenvalue weighted by molar-refractivity contribution is -0.144. The number of carbonyl (C=O) groups is 1. The molecule has 4 heteroatoms. The van der Waals surface area contributed by atoms with Crippen LogP contribution in [-0.4, -0.2) is 23.7 Å². The van der Waals surface area contributed by atoms with Crippen LogP contribution in [0.2, 0.25) is 0 Å². The number of carboxylic acid groups (broad SMARTS) is 1. The second-order valence-corrected chi connectivity index (χ2v) is 6.74. The molecule has 0 bridgehead atoms. The molecule has 27 heavy (non-hydrogen) atoms. The van der Waals surface area contributed by atoms with Gasteiger partial charge in [0.2, 0.25) is 0 Å². The van der Waals surface area contributed by atoms with E-state index in [4.69, 9.17) is 4.84 Å². The Bertz CT molecular complexity index is 894. The minimum atomic E-state index is -0.925. The lowest BCUT2D eigenvalue weighted by atomic mass is 9.98. The van der Waals surface area contributed by atoms with Crippen molar-refractivity contribution in [3.05, 3.63) is 95.6 Å². The number of nitrogens with one attached hydrogen (secondary N) is 1. The van der Waals surface area contributed by atoms with Gasteiger partial charge in [-0.15, -0.1) is 0 Å². The van der Waals surface area contributed by atoms with E-state index in [1.54, 1.807) is 0 Å². The zero-order valence-electron chi connectivity index (χ0n) is 14.8. The number of benzene rings is 3. The molecule has 0 aliphatic heterocycles. The third-order valence-electron chi connectivity index (χ3n) is 5.02. The number of hydrogen-bond donors (Lipinski definition) is 2. The standard InChI is InChI=1S/C23H21NO3/c25-23(26)22(14-16-8-2-1-3-9-16)24-27-15-21-19-12-6-4-10-17(19)18-11-5-7-13-20(18)21/h1-13,21-22,24H,14-15H2,(H,25,26)/t22-/m0/s1. The summed E-state index contributed by atoms with van der Waals surface area (Å²) in [4.78, 5) is 17.3. The fraction of sp³-hybridized carbons (Fsp3) is 0.174. The molecule has 0 aromatic heterocycles. The van der Waals surface area contributed by atoms with E-state index in [1.165, 1.54) is 22.3 Å². The molecule has 3 aromatic rings. The molecule has 1 aliphatic rings. The minimum absolute atomic E-state index is 0.0936. The molecule has 0 saturated heterocycles. The van der Waals surface area contributed by atoms with Crippen molar-refractivity contribution in [3.63, 3.8) is 0 Å². The Morgan fingerprint density at radius 2 is 1.44 bits per heavy atom. The first-order valence-corrected chi connectivity index (χ1v) is 9.06. The minimum Gasteiger partial charge on any atom is -0.480 e. The molecule has 0 saturated carbocycles. The third-order valence-corrected chi connectivity index (χ3v) is 5.02. The van der Waals surface area contributed by atoms with Crippen LogP contribution in [0, 0.1) is 0 Å². The summed E-state index contributed by atoms with van der Waals surface area (Å²) in [6.07, 6.45) is 0.369. The van der Waals surface area contributed by atoms with Crippen LogP contribution in [0.1, 0.15) is 22.6 Å². The van der Waals surface area contributed by atoms with Gasteiger partial charge in [-0.05, 0) is 27.8 Å². The summed E-state index contributed by atoms with van der Waals surface area (Å²) < 4.78 is 0. The molecule has 0 fully saturated rings. The number of aliphatic carboxylic acids is 1. The average molecular weight is 359 g/mol. The Morgan fingerprint density at radius 3 is 2.04 bits per heavy atom. The van der Waals surface area contributed by atoms with Crippen molar-refractivity contribution in [2.45, 2.75) is 18.4 Å². The van der Waals surface area contributed by atoms with E-state index in [1.807, 2.05) is 54.6 Å². The Labute approximate surface area is 158 Å². The van der Waals surface area contributed by atoms with Crippen molar-refractivity contribution in [3.8, 4) is 11.1 Å². The van der Waals surface area contributed by atoms with E-state index in [-0.39, 0.29) is 5.92 Å². The zero-order valence-corrected chi connectivity index (χ0v) is 14.8. The molecular weight excluding hydrogens is 338 g/mol. The molecule has 4 nitrogen and oxygen atoms in total. The highest BCUT2D eigenvalue weighted by Crippen LogP contribution is 2.44. The quantitative estimate of drug-likeness (QED) is 0.626. The highest BCUT2D eigenvalue weighted by molar-refractivity contribution is 5.78. The van der Waals surface area contributed by atoms with Gasteiger partial charge in [0.15, 0.2) is 0 Å². The Kier molecular flexibility index (Phi) is 5.01. The van der Waals surface area contributed by atoms with Crippen LogP contribution >= 0.6 is 0 Å². The largest absolute Gasteiger partial charge is 0.480 e. The molecule has 0 radical (unpaired) electrons. The van der Waals surface area contributed by atoms with Crippen LogP contribution in [0.4, 0.5) is 0 Å². The molecule has 0 amide bonds. The number of hydrogen-bond acceptors (Lipinski definition) is 3. The van der Waals surface area contributed by atoms with Crippen molar-refractivity contribution in [1.29, 1.82) is 0 Å². The third kappa shape index (κ3) is 3.63. The Morgan fingerprint density at radius 1 is 0.889 bits per heavy atom.